The first-order valence-electron chi connectivity index (χ1n) is 7.01. The smallest absolute Gasteiger partial charge is 0.0642 e. The molecule has 1 aromatic rings. The van der Waals surface area contributed by atoms with Gasteiger partial charge in [0.1, 0.15) is 0 Å². The van der Waals surface area contributed by atoms with Crippen LogP contribution in [0.4, 0.5) is 5.69 Å². The number of rotatable bonds is 2. The van der Waals surface area contributed by atoms with Crippen LogP contribution >= 0.6 is 0 Å². The molecule has 2 aliphatic heterocycles. The van der Waals surface area contributed by atoms with Crippen LogP contribution in [0.15, 0.2) is 18.2 Å². The first kappa shape index (κ1) is 12.0. The number of anilines is 1. The van der Waals surface area contributed by atoms with E-state index < -0.39 is 0 Å². The fraction of sp³-hybridized carbons (Fsp3) is 0.600. The molecule has 3 heteroatoms. The molecule has 0 radical (unpaired) electrons. The van der Waals surface area contributed by atoms with E-state index in [1.807, 2.05) is 0 Å². The summed E-state index contributed by atoms with van der Waals surface area (Å²) in [5.74, 6) is 0. The maximum Gasteiger partial charge on any atom is 0.0642 e. The molecule has 0 bridgehead atoms. The predicted molar refractivity (Wildman–Crippen MR) is 74.2 cm³/mol. The summed E-state index contributed by atoms with van der Waals surface area (Å²) in [4.78, 5) is 2.48. The minimum Gasteiger partial charge on any atom is -0.378 e. The highest BCUT2D eigenvalue weighted by molar-refractivity contribution is 5.57. The molecular weight excluding hydrogens is 224 g/mol. The zero-order valence-corrected chi connectivity index (χ0v) is 11.1. The van der Waals surface area contributed by atoms with Crippen LogP contribution in [0.1, 0.15) is 30.0 Å². The Morgan fingerprint density at radius 3 is 2.83 bits per heavy atom. The summed E-state index contributed by atoms with van der Waals surface area (Å²) >= 11 is 0. The van der Waals surface area contributed by atoms with E-state index in [9.17, 15) is 0 Å². The average Bonchev–Trinajstić information content (AvgIpc) is 2.93. The molecule has 0 amide bonds. The highest BCUT2D eigenvalue weighted by Gasteiger charge is 2.22. The van der Waals surface area contributed by atoms with Crippen LogP contribution in [-0.2, 0) is 4.74 Å². The summed E-state index contributed by atoms with van der Waals surface area (Å²) in [5.41, 5.74) is 4.23. The summed E-state index contributed by atoms with van der Waals surface area (Å²) in [7, 11) is 0. The van der Waals surface area contributed by atoms with Crippen LogP contribution in [0, 0.1) is 6.92 Å². The average molecular weight is 246 g/mol. The van der Waals surface area contributed by atoms with Crippen molar-refractivity contribution in [2.24, 2.45) is 0 Å². The highest BCUT2D eigenvalue weighted by Crippen LogP contribution is 2.32. The monoisotopic (exact) mass is 246 g/mol. The third kappa shape index (κ3) is 2.38. The number of nitrogens with one attached hydrogen (secondary N) is 1. The lowest BCUT2D eigenvalue weighted by atomic mass is 10.00. The summed E-state index contributed by atoms with van der Waals surface area (Å²) in [6.07, 6.45) is 2.56. The maximum atomic E-state index is 5.46. The Kier molecular flexibility index (Phi) is 3.52. The zero-order chi connectivity index (χ0) is 12.4. The topological polar surface area (TPSA) is 24.5 Å². The summed E-state index contributed by atoms with van der Waals surface area (Å²) in [5, 5.41) is 3.61. The van der Waals surface area contributed by atoms with E-state index >= 15 is 0 Å². The van der Waals surface area contributed by atoms with Crippen molar-refractivity contribution in [1.82, 2.24) is 5.32 Å². The second-order valence-corrected chi connectivity index (χ2v) is 5.31. The van der Waals surface area contributed by atoms with E-state index in [-0.39, 0.29) is 0 Å². The molecular formula is C15H22N2O. The van der Waals surface area contributed by atoms with Gasteiger partial charge in [-0.15, -0.1) is 0 Å². The lowest BCUT2D eigenvalue weighted by Crippen LogP contribution is -2.37. The van der Waals surface area contributed by atoms with Crippen LogP contribution in [0.2, 0.25) is 0 Å². The van der Waals surface area contributed by atoms with Gasteiger partial charge in [0.15, 0.2) is 0 Å². The van der Waals surface area contributed by atoms with Crippen molar-refractivity contribution in [3.05, 3.63) is 29.3 Å². The predicted octanol–water partition coefficient (Wildman–Crippen LogP) is 2.26. The van der Waals surface area contributed by atoms with Crippen molar-refractivity contribution < 1.29 is 4.74 Å². The minimum atomic E-state index is 0.545. The van der Waals surface area contributed by atoms with E-state index in [1.54, 1.807) is 0 Å². The number of nitrogens with zero attached hydrogens (tertiary/aromatic N) is 1. The number of benzene rings is 1. The summed E-state index contributed by atoms with van der Waals surface area (Å²) in [6, 6.07) is 7.42. The molecule has 18 heavy (non-hydrogen) atoms. The van der Waals surface area contributed by atoms with E-state index in [1.165, 1.54) is 29.7 Å². The van der Waals surface area contributed by atoms with Gasteiger partial charge in [0, 0.05) is 24.8 Å². The van der Waals surface area contributed by atoms with Crippen molar-refractivity contribution in [2.45, 2.75) is 25.8 Å². The number of morpholine rings is 1. The molecule has 1 unspecified atom stereocenters. The van der Waals surface area contributed by atoms with Gasteiger partial charge >= 0.3 is 0 Å². The molecule has 3 nitrogen and oxygen atoms in total. The number of hydrogen-bond donors (Lipinski definition) is 1. The summed E-state index contributed by atoms with van der Waals surface area (Å²) < 4.78 is 5.46. The first-order valence-corrected chi connectivity index (χ1v) is 7.01. The van der Waals surface area contributed by atoms with Gasteiger partial charge in [-0.25, -0.2) is 0 Å². The Morgan fingerprint density at radius 2 is 2.11 bits per heavy atom. The van der Waals surface area contributed by atoms with Gasteiger partial charge in [-0.2, -0.15) is 0 Å². The van der Waals surface area contributed by atoms with Gasteiger partial charge in [0.25, 0.3) is 0 Å². The molecule has 1 atom stereocenters. The lowest BCUT2D eigenvalue weighted by molar-refractivity contribution is 0.122. The van der Waals surface area contributed by atoms with Gasteiger partial charge in [0.05, 0.1) is 13.2 Å². The molecule has 0 spiro atoms. The lowest BCUT2D eigenvalue weighted by Gasteiger charge is -2.32. The molecule has 2 fully saturated rings. The number of aryl methyl sites for hydroxylation is 1. The second kappa shape index (κ2) is 5.29. The van der Waals surface area contributed by atoms with E-state index in [0.717, 1.165) is 32.8 Å². The van der Waals surface area contributed by atoms with Crippen molar-refractivity contribution >= 4 is 5.69 Å². The van der Waals surface area contributed by atoms with Crippen LogP contribution in [0.5, 0.6) is 0 Å². The third-order valence-corrected chi connectivity index (χ3v) is 3.97. The molecule has 3 rings (SSSR count). The number of hydrogen-bond acceptors (Lipinski definition) is 3. The quantitative estimate of drug-likeness (QED) is 0.866. The molecule has 2 saturated heterocycles. The van der Waals surface area contributed by atoms with Crippen molar-refractivity contribution in [1.29, 1.82) is 0 Å². The van der Waals surface area contributed by atoms with Gasteiger partial charge in [-0.05, 0) is 43.5 Å². The molecule has 1 N–H and O–H groups in total. The first-order chi connectivity index (χ1) is 8.84. The SMILES string of the molecule is Cc1ccc(C2CCCN2)c(N2CCOCC2)c1. The molecule has 0 saturated carbocycles. The van der Waals surface area contributed by atoms with Gasteiger partial charge in [-0.1, -0.05) is 12.1 Å². The van der Waals surface area contributed by atoms with Crippen LogP contribution in [0.25, 0.3) is 0 Å². The molecule has 2 heterocycles. The molecule has 0 aliphatic carbocycles. The Labute approximate surface area is 109 Å². The van der Waals surface area contributed by atoms with E-state index in [4.69, 9.17) is 4.74 Å². The normalized spacial score (nSPS) is 24.5. The Morgan fingerprint density at radius 1 is 1.28 bits per heavy atom. The second-order valence-electron chi connectivity index (χ2n) is 5.31. The van der Waals surface area contributed by atoms with Gasteiger partial charge in [0.2, 0.25) is 0 Å². The van der Waals surface area contributed by atoms with Crippen LogP contribution < -0.4 is 10.2 Å². The Hall–Kier alpha value is -1.06. The molecule has 2 aliphatic rings. The summed E-state index contributed by atoms with van der Waals surface area (Å²) in [6.45, 7) is 7.07. The Bertz CT molecular complexity index is 407. The largest absolute Gasteiger partial charge is 0.378 e. The zero-order valence-electron chi connectivity index (χ0n) is 11.1. The third-order valence-electron chi connectivity index (χ3n) is 3.97. The molecule has 98 valence electrons. The van der Waals surface area contributed by atoms with Crippen molar-refractivity contribution in [2.75, 3.05) is 37.7 Å². The van der Waals surface area contributed by atoms with Crippen molar-refractivity contribution in [3.63, 3.8) is 0 Å². The van der Waals surface area contributed by atoms with Crippen LogP contribution in [-0.4, -0.2) is 32.8 Å². The fourth-order valence-corrected chi connectivity index (χ4v) is 2.98. The fourth-order valence-electron chi connectivity index (χ4n) is 2.98. The Balaban J connectivity index is 1.91. The highest BCUT2D eigenvalue weighted by atomic mass is 16.5. The molecule has 0 aromatic heterocycles. The minimum absolute atomic E-state index is 0.545. The number of ether oxygens (including phenoxy) is 1. The van der Waals surface area contributed by atoms with Crippen LogP contribution in [0.3, 0.4) is 0 Å². The van der Waals surface area contributed by atoms with E-state index in [2.05, 4.69) is 35.3 Å². The van der Waals surface area contributed by atoms with Gasteiger partial charge < -0.3 is 15.0 Å². The van der Waals surface area contributed by atoms with Crippen molar-refractivity contribution in [3.8, 4) is 0 Å². The van der Waals surface area contributed by atoms with E-state index in [0.29, 0.717) is 6.04 Å². The van der Waals surface area contributed by atoms with Gasteiger partial charge in [-0.3, -0.25) is 0 Å². The maximum absolute atomic E-state index is 5.46. The standard InChI is InChI=1S/C15H22N2O/c1-12-4-5-13(14-3-2-6-16-14)15(11-12)17-7-9-18-10-8-17/h4-5,11,14,16H,2-3,6-10H2,1H3. The molecule has 1 aromatic carbocycles.